The molecule has 1 atom stereocenters. The van der Waals surface area contributed by atoms with E-state index in [-0.39, 0.29) is 5.56 Å². The summed E-state index contributed by atoms with van der Waals surface area (Å²) in [5.74, 6) is -0.769. The van der Waals surface area contributed by atoms with Crippen LogP contribution in [0.4, 0.5) is 0 Å². The standard InChI is InChI=1S/C14H14BrN3O3/c15-12-3-9-11(5-17-12)18(6-8-1-2-16-4-8)7-10(13(9)19)14(20)21/h3,5,7-8,16H,1-2,4,6H2,(H,20,21)/t8-/m0/s1. The Hall–Kier alpha value is -1.73. The molecule has 0 aromatic carbocycles. The third kappa shape index (κ3) is 2.71. The molecule has 2 aromatic heterocycles. The second-order valence-electron chi connectivity index (χ2n) is 5.21. The summed E-state index contributed by atoms with van der Waals surface area (Å²) in [6.07, 6.45) is 4.08. The van der Waals surface area contributed by atoms with E-state index in [4.69, 9.17) is 0 Å². The largest absolute Gasteiger partial charge is 0.477 e. The lowest BCUT2D eigenvalue weighted by Gasteiger charge is -2.15. The average molecular weight is 352 g/mol. The van der Waals surface area contributed by atoms with Crippen LogP contribution in [0.2, 0.25) is 0 Å². The Morgan fingerprint density at radius 1 is 1.57 bits per heavy atom. The fourth-order valence-corrected chi connectivity index (χ4v) is 3.05. The minimum atomic E-state index is -1.20. The number of carbonyl (C=O) groups is 1. The molecular weight excluding hydrogens is 338 g/mol. The van der Waals surface area contributed by atoms with Crippen molar-refractivity contribution in [2.45, 2.75) is 13.0 Å². The van der Waals surface area contributed by atoms with Crippen molar-refractivity contribution in [3.8, 4) is 0 Å². The van der Waals surface area contributed by atoms with Crippen LogP contribution in [0, 0.1) is 5.92 Å². The number of fused-ring (bicyclic) bond motifs is 1. The average Bonchev–Trinajstić information content (AvgIpc) is 2.94. The van der Waals surface area contributed by atoms with Gasteiger partial charge in [0, 0.05) is 12.7 Å². The summed E-state index contributed by atoms with van der Waals surface area (Å²) in [5, 5.41) is 12.9. The fraction of sp³-hybridized carbons (Fsp3) is 0.357. The van der Waals surface area contributed by atoms with Gasteiger partial charge in [-0.2, -0.15) is 0 Å². The maximum Gasteiger partial charge on any atom is 0.341 e. The fourth-order valence-electron chi connectivity index (χ4n) is 2.71. The first-order chi connectivity index (χ1) is 10.1. The second kappa shape index (κ2) is 5.57. The lowest BCUT2D eigenvalue weighted by molar-refractivity contribution is 0.0694. The van der Waals surface area contributed by atoms with E-state index in [1.807, 2.05) is 4.57 Å². The number of halogens is 1. The number of carboxylic acid groups (broad SMARTS) is 1. The van der Waals surface area contributed by atoms with Gasteiger partial charge in [-0.1, -0.05) is 0 Å². The molecule has 0 amide bonds. The molecule has 1 fully saturated rings. The molecule has 2 aromatic rings. The number of aromatic nitrogens is 2. The number of pyridine rings is 2. The van der Waals surface area contributed by atoms with Gasteiger partial charge in [-0.25, -0.2) is 9.78 Å². The number of nitrogens with one attached hydrogen (secondary N) is 1. The van der Waals surface area contributed by atoms with Crippen LogP contribution in [0.3, 0.4) is 0 Å². The van der Waals surface area contributed by atoms with Gasteiger partial charge in [0.25, 0.3) is 0 Å². The van der Waals surface area contributed by atoms with Crippen molar-refractivity contribution in [2.75, 3.05) is 13.1 Å². The molecular formula is C14H14BrN3O3. The molecule has 0 radical (unpaired) electrons. The molecule has 0 saturated carbocycles. The van der Waals surface area contributed by atoms with E-state index in [2.05, 4.69) is 26.2 Å². The third-order valence-electron chi connectivity index (χ3n) is 3.78. The number of carboxylic acids is 1. The van der Waals surface area contributed by atoms with Crippen LogP contribution in [-0.4, -0.2) is 33.7 Å². The first-order valence-electron chi connectivity index (χ1n) is 6.69. The molecule has 7 heteroatoms. The second-order valence-corrected chi connectivity index (χ2v) is 6.02. The van der Waals surface area contributed by atoms with E-state index in [0.717, 1.165) is 19.5 Å². The Morgan fingerprint density at radius 3 is 3.05 bits per heavy atom. The van der Waals surface area contributed by atoms with Gasteiger partial charge in [0.1, 0.15) is 10.2 Å². The number of hydrogen-bond acceptors (Lipinski definition) is 4. The summed E-state index contributed by atoms with van der Waals surface area (Å²) in [6.45, 7) is 2.55. The van der Waals surface area contributed by atoms with E-state index in [1.54, 1.807) is 12.3 Å². The molecule has 2 N–H and O–H groups in total. The monoisotopic (exact) mass is 351 g/mol. The topological polar surface area (TPSA) is 84.2 Å². The van der Waals surface area contributed by atoms with Gasteiger partial charge in [-0.3, -0.25) is 4.79 Å². The van der Waals surface area contributed by atoms with Crippen molar-refractivity contribution >= 4 is 32.8 Å². The van der Waals surface area contributed by atoms with Crippen molar-refractivity contribution in [2.24, 2.45) is 5.92 Å². The van der Waals surface area contributed by atoms with Gasteiger partial charge in [-0.05, 0) is 47.4 Å². The van der Waals surface area contributed by atoms with Gasteiger partial charge in [0.05, 0.1) is 17.1 Å². The molecule has 1 aliphatic heterocycles. The zero-order valence-electron chi connectivity index (χ0n) is 11.2. The van der Waals surface area contributed by atoms with Gasteiger partial charge in [0.15, 0.2) is 0 Å². The van der Waals surface area contributed by atoms with Crippen molar-refractivity contribution in [3.63, 3.8) is 0 Å². The van der Waals surface area contributed by atoms with Gasteiger partial charge >= 0.3 is 5.97 Å². The van der Waals surface area contributed by atoms with Crippen LogP contribution in [0.1, 0.15) is 16.8 Å². The van der Waals surface area contributed by atoms with E-state index in [0.29, 0.717) is 28.0 Å². The normalized spacial score (nSPS) is 18.2. The van der Waals surface area contributed by atoms with E-state index in [9.17, 15) is 14.7 Å². The van der Waals surface area contributed by atoms with Crippen LogP contribution in [0.25, 0.3) is 10.9 Å². The molecule has 3 rings (SSSR count). The summed E-state index contributed by atoms with van der Waals surface area (Å²) >= 11 is 3.22. The van der Waals surface area contributed by atoms with Crippen LogP contribution < -0.4 is 10.7 Å². The number of rotatable bonds is 3. The molecule has 0 bridgehead atoms. The first kappa shape index (κ1) is 14.2. The van der Waals surface area contributed by atoms with Gasteiger partial charge in [-0.15, -0.1) is 0 Å². The van der Waals surface area contributed by atoms with Crippen LogP contribution in [0.5, 0.6) is 0 Å². The predicted molar refractivity (Wildman–Crippen MR) is 81.6 cm³/mol. The Balaban J connectivity index is 2.19. The Morgan fingerprint density at radius 2 is 2.38 bits per heavy atom. The number of nitrogens with zero attached hydrogens (tertiary/aromatic N) is 2. The van der Waals surface area contributed by atoms with Crippen molar-refractivity contribution in [3.05, 3.63) is 38.9 Å². The van der Waals surface area contributed by atoms with Crippen LogP contribution >= 0.6 is 15.9 Å². The molecule has 1 saturated heterocycles. The third-order valence-corrected chi connectivity index (χ3v) is 4.21. The highest BCUT2D eigenvalue weighted by atomic mass is 79.9. The molecule has 3 heterocycles. The van der Waals surface area contributed by atoms with Crippen LogP contribution in [0.15, 0.2) is 27.9 Å². The summed E-state index contributed by atoms with van der Waals surface area (Å²) in [6, 6.07) is 1.58. The summed E-state index contributed by atoms with van der Waals surface area (Å²) < 4.78 is 2.35. The lowest BCUT2D eigenvalue weighted by Crippen LogP contribution is -2.22. The molecule has 0 spiro atoms. The molecule has 21 heavy (non-hydrogen) atoms. The smallest absolute Gasteiger partial charge is 0.341 e. The SMILES string of the molecule is O=C(O)c1cn(C[C@H]2CCNC2)c2cnc(Br)cc2c1=O. The van der Waals surface area contributed by atoms with Crippen molar-refractivity contribution in [1.82, 2.24) is 14.9 Å². The number of aromatic carboxylic acids is 1. The maximum absolute atomic E-state index is 12.3. The highest BCUT2D eigenvalue weighted by Crippen LogP contribution is 2.18. The Labute approximate surface area is 128 Å². The highest BCUT2D eigenvalue weighted by Gasteiger charge is 2.19. The lowest BCUT2D eigenvalue weighted by atomic mass is 10.1. The van der Waals surface area contributed by atoms with E-state index < -0.39 is 11.4 Å². The summed E-state index contributed by atoms with van der Waals surface area (Å²) in [5.41, 5.74) is -0.00643. The Bertz CT molecular complexity index is 766. The quantitative estimate of drug-likeness (QED) is 0.818. The molecule has 110 valence electrons. The van der Waals surface area contributed by atoms with E-state index >= 15 is 0 Å². The minimum absolute atomic E-state index is 0.202. The predicted octanol–water partition coefficient (Wildman–Crippen LogP) is 1.47. The van der Waals surface area contributed by atoms with Crippen LogP contribution in [-0.2, 0) is 6.54 Å². The molecule has 0 unspecified atom stereocenters. The summed E-state index contributed by atoms with van der Waals surface area (Å²) in [7, 11) is 0. The van der Waals surface area contributed by atoms with Gasteiger partial charge in [0.2, 0.25) is 5.43 Å². The maximum atomic E-state index is 12.3. The van der Waals surface area contributed by atoms with Gasteiger partial charge < -0.3 is 15.0 Å². The molecule has 0 aliphatic carbocycles. The van der Waals surface area contributed by atoms with Crippen molar-refractivity contribution in [1.29, 1.82) is 0 Å². The summed E-state index contributed by atoms with van der Waals surface area (Å²) in [4.78, 5) is 27.7. The first-order valence-corrected chi connectivity index (χ1v) is 7.48. The zero-order chi connectivity index (χ0) is 15.0. The highest BCUT2D eigenvalue weighted by molar-refractivity contribution is 9.10. The zero-order valence-corrected chi connectivity index (χ0v) is 12.8. The Kier molecular flexibility index (Phi) is 3.77. The van der Waals surface area contributed by atoms with Crippen molar-refractivity contribution < 1.29 is 9.90 Å². The number of hydrogen-bond donors (Lipinski definition) is 2. The molecule has 1 aliphatic rings. The van der Waals surface area contributed by atoms with E-state index in [1.165, 1.54) is 6.20 Å². The minimum Gasteiger partial charge on any atom is -0.477 e. The molecule has 6 nitrogen and oxygen atoms in total.